The highest BCUT2D eigenvalue weighted by Gasteiger charge is 2.15. The van der Waals surface area contributed by atoms with E-state index < -0.39 is 5.91 Å². The summed E-state index contributed by atoms with van der Waals surface area (Å²) in [4.78, 5) is 21.5. The predicted molar refractivity (Wildman–Crippen MR) is 72.1 cm³/mol. The maximum atomic E-state index is 10.9. The number of nitrogens with zero attached hydrogens (tertiary/aromatic N) is 4. The second kappa shape index (κ2) is 5.28. The fourth-order valence-electron chi connectivity index (χ4n) is 2.27. The number of nitrogens with two attached hydrogens (primary N) is 1. The van der Waals surface area contributed by atoms with E-state index in [1.54, 1.807) is 6.20 Å². The molecule has 1 aliphatic heterocycles. The minimum Gasteiger partial charge on any atom is -0.361 e. The molecule has 1 aliphatic rings. The number of aromatic nitrogens is 3. The van der Waals surface area contributed by atoms with E-state index in [-0.39, 0.29) is 5.89 Å². The minimum atomic E-state index is -0.735. The summed E-state index contributed by atoms with van der Waals surface area (Å²) in [6.45, 7) is 2.08. The van der Waals surface area contributed by atoms with Crippen LogP contribution in [0, 0.1) is 0 Å². The molecule has 0 aromatic carbocycles. The molecule has 104 valence electrons. The summed E-state index contributed by atoms with van der Waals surface area (Å²) < 4.78 is 4.75. The number of hydrogen-bond acceptors (Lipinski definition) is 6. The minimum absolute atomic E-state index is 0.194. The normalized spacial score (nSPS) is 15.3. The lowest BCUT2D eigenvalue weighted by atomic mass is 10.1. The van der Waals surface area contributed by atoms with Crippen LogP contribution in [0.2, 0.25) is 0 Å². The van der Waals surface area contributed by atoms with Crippen LogP contribution in [0.1, 0.15) is 29.9 Å². The van der Waals surface area contributed by atoms with Gasteiger partial charge in [0.05, 0.1) is 0 Å². The lowest BCUT2D eigenvalue weighted by Gasteiger charge is -2.27. The molecule has 0 unspecified atom stereocenters. The lowest BCUT2D eigenvalue weighted by molar-refractivity contribution is 0.0958. The number of anilines is 1. The molecule has 1 saturated heterocycles. The fourth-order valence-corrected chi connectivity index (χ4v) is 2.27. The Morgan fingerprint density at radius 3 is 2.65 bits per heavy atom. The molecule has 3 heterocycles. The summed E-state index contributed by atoms with van der Waals surface area (Å²) in [7, 11) is 0. The highest BCUT2D eigenvalue weighted by atomic mass is 16.5. The molecular weight excluding hydrogens is 258 g/mol. The molecule has 2 N–H and O–H groups in total. The van der Waals surface area contributed by atoms with Crippen LogP contribution in [-0.4, -0.2) is 34.1 Å². The number of pyridine rings is 1. The van der Waals surface area contributed by atoms with Gasteiger partial charge in [0.25, 0.3) is 0 Å². The molecule has 20 heavy (non-hydrogen) atoms. The van der Waals surface area contributed by atoms with Gasteiger partial charge in [0, 0.05) is 24.8 Å². The van der Waals surface area contributed by atoms with Gasteiger partial charge in [-0.1, -0.05) is 5.16 Å². The molecular formula is C13H15N5O2. The van der Waals surface area contributed by atoms with Gasteiger partial charge in [-0.2, -0.15) is 4.98 Å². The van der Waals surface area contributed by atoms with E-state index in [1.807, 2.05) is 12.1 Å². The van der Waals surface area contributed by atoms with Crippen molar-refractivity contribution in [2.45, 2.75) is 19.3 Å². The molecule has 1 amide bonds. The van der Waals surface area contributed by atoms with Crippen LogP contribution >= 0.6 is 0 Å². The topological polar surface area (TPSA) is 98.1 Å². The molecule has 2 aromatic heterocycles. The SMILES string of the molecule is NC(=O)c1nc(-c2ccc(N3CCCCC3)nc2)no1. The molecule has 7 heteroatoms. The highest BCUT2D eigenvalue weighted by Crippen LogP contribution is 2.21. The van der Waals surface area contributed by atoms with Gasteiger partial charge in [-0.3, -0.25) is 4.79 Å². The van der Waals surface area contributed by atoms with Crippen molar-refractivity contribution < 1.29 is 9.32 Å². The van der Waals surface area contributed by atoms with Gasteiger partial charge >= 0.3 is 11.8 Å². The third-order valence-corrected chi connectivity index (χ3v) is 3.32. The quantitative estimate of drug-likeness (QED) is 0.902. The molecule has 0 aliphatic carbocycles. The van der Waals surface area contributed by atoms with Crippen LogP contribution in [-0.2, 0) is 0 Å². The summed E-state index contributed by atoms with van der Waals surface area (Å²) >= 11 is 0. The summed E-state index contributed by atoms with van der Waals surface area (Å²) in [6.07, 6.45) is 5.37. The van der Waals surface area contributed by atoms with Gasteiger partial charge in [0.15, 0.2) is 0 Å². The molecule has 3 rings (SSSR count). The van der Waals surface area contributed by atoms with E-state index in [1.165, 1.54) is 19.3 Å². The van der Waals surface area contributed by atoms with E-state index in [2.05, 4.69) is 20.0 Å². The van der Waals surface area contributed by atoms with Crippen molar-refractivity contribution in [3.8, 4) is 11.4 Å². The predicted octanol–water partition coefficient (Wildman–Crippen LogP) is 1.22. The van der Waals surface area contributed by atoms with Gasteiger partial charge in [-0.25, -0.2) is 4.98 Å². The van der Waals surface area contributed by atoms with Crippen LogP contribution in [0.4, 0.5) is 5.82 Å². The Labute approximate surface area is 115 Å². The van der Waals surface area contributed by atoms with Crippen molar-refractivity contribution >= 4 is 11.7 Å². The third-order valence-electron chi connectivity index (χ3n) is 3.32. The summed E-state index contributed by atoms with van der Waals surface area (Å²) in [5, 5.41) is 3.71. The average Bonchev–Trinajstić information content (AvgIpc) is 2.98. The van der Waals surface area contributed by atoms with Crippen LogP contribution in [0.5, 0.6) is 0 Å². The van der Waals surface area contributed by atoms with E-state index in [9.17, 15) is 4.79 Å². The van der Waals surface area contributed by atoms with Crippen LogP contribution in [0.3, 0.4) is 0 Å². The van der Waals surface area contributed by atoms with E-state index in [0.29, 0.717) is 11.4 Å². The van der Waals surface area contributed by atoms with Gasteiger partial charge in [-0.15, -0.1) is 0 Å². The fraction of sp³-hybridized carbons (Fsp3) is 0.385. The van der Waals surface area contributed by atoms with Gasteiger partial charge in [0.2, 0.25) is 5.82 Å². The molecule has 0 atom stereocenters. The van der Waals surface area contributed by atoms with E-state index in [4.69, 9.17) is 10.3 Å². The Morgan fingerprint density at radius 1 is 1.25 bits per heavy atom. The van der Waals surface area contributed by atoms with Crippen molar-refractivity contribution in [1.82, 2.24) is 15.1 Å². The number of primary amides is 1. The molecule has 0 saturated carbocycles. The van der Waals surface area contributed by atoms with Crippen molar-refractivity contribution in [2.24, 2.45) is 5.73 Å². The Hall–Kier alpha value is -2.44. The zero-order chi connectivity index (χ0) is 13.9. The largest absolute Gasteiger partial charge is 0.361 e. The summed E-state index contributed by atoms with van der Waals surface area (Å²) in [5.74, 6) is 0.338. The first-order chi connectivity index (χ1) is 9.74. The second-order valence-electron chi connectivity index (χ2n) is 4.74. The maximum absolute atomic E-state index is 10.9. The van der Waals surface area contributed by atoms with Crippen LogP contribution in [0.15, 0.2) is 22.9 Å². The Kier molecular flexibility index (Phi) is 3.32. The molecule has 7 nitrogen and oxygen atoms in total. The maximum Gasteiger partial charge on any atom is 0.316 e. The van der Waals surface area contributed by atoms with Crippen molar-refractivity contribution in [3.05, 3.63) is 24.2 Å². The van der Waals surface area contributed by atoms with Crippen molar-refractivity contribution in [3.63, 3.8) is 0 Å². The molecule has 2 aromatic rings. The average molecular weight is 273 g/mol. The number of carbonyl (C=O) groups excluding carboxylic acids is 1. The number of hydrogen-bond donors (Lipinski definition) is 1. The van der Waals surface area contributed by atoms with Crippen molar-refractivity contribution in [1.29, 1.82) is 0 Å². The lowest BCUT2D eigenvalue weighted by Crippen LogP contribution is -2.29. The third kappa shape index (κ3) is 2.47. The highest BCUT2D eigenvalue weighted by molar-refractivity contribution is 5.88. The molecule has 0 radical (unpaired) electrons. The Balaban J connectivity index is 1.79. The van der Waals surface area contributed by atoms with Crippen LogP contribution < -0.4 is 10.6 Å². The number of amides is 1. The molecule has 0 spiro atoms. The summed E-state index contributed by atoms with van der Waals surface area (Å²) in [5.41, 5.74) is 5.77. The molecule has 1 fully saturated rings. The van der Waals surface area contributed by atoms with Crippen molar-refractivity contribution in [2.75, 3.05) is 18.0 Å². The Bertz CT molecular complexity index is 601. The van der Waals surface area contributed by atoms with Gasteiger partial charge in [0.1, 0.15) is 5.82 Å². The van der Waals surface area contributed by atoms with E-state index >= 15 is 0 Å². The summed E-state index contributed by atoms with van der Waals surface area (Å²) in [6, 6.07) is 3.80. The standard InChI is InChI=1S/C13H15N5O2/c14-11(19)13-16-12(17-20-13)9-4-5-10(15-8-9)18-6-2-1-3-7-18/h4-5,8H,1-3,6-7H2,(H2,14,19). The first-order valence-corrected chi connectivity index (χ1v) is 6.59. The monoisotopic (exact) mass is 273 g/mol. The second-order valence-corrected chi connectivity index (χ2v) is 4.74. The number of piperidine rings is 1. The van der Waals surface area contributed by atoms with Crippen LogP contribution in [0.25, 0.3) is 11.4 Å². The zero-order valence-electron chi connectivity index (χ0n) is 11.0. The van der Waals surface area contributed by atoms with E-state index in [0.717, 1.165) is 18.9 Å². The first kappa shape index (κ1) is 12.6. The number of rotatable bonds is 3. The Morgan fingerprint density at radius 2 is 2.05 bits per heavy atom. The first-order valence-electron chi connectivity index (χ1n) is 6.59. The van der Waals surface area contributed by atoms with Gasteiger partial charge in [-0.05, 0) is 31.4 Å². The number of carbonyl (C=O) groups is 1. The molecule has 0 bridgehead atoms. The zero-order valence-corrected chi connectivity index (χ0v) is 11.0. The smallest absolute Gasteiger partial charge is 0.316 e. The van der Waals surface area contributed by atoms with Gasteiger partial charge < -0.3 is 15.2 Å².